The predicted octanol–water partition coefficient (Wildman–Crippen LogP) is 4.50. The lowest BCUT2D eigenvalue weighted by Crippen LogP contribution is -1.90. The minimum absolute atomic E-state index is 0.790. The normalized spacial score (nSPS) is 13.0. The summed E-state index contributed by atoms with van der Waals surface area (Å²) in [4.78, 5) is 0. The SMILES string of the molecule is C=CCCC=CCC(C)CCC=C. The molecule has 0 heterocycles. The van der Waals surface area contributed by atoms with E-state index in [1.807, 2.05) is 12.2 Å². The van der Waals surface area contributed by atoms with Gasteiger partial charge in [-0.15, -0.1) is 13.2 Å². The van der Waals surface area contributed by atoms with Crippen molar-refractivity contribution >= 4 is 0 Å². The third-order valence-electron chi connectivity index (χ3n) is 2.11. The molecular formula is C13H22. The van der Waals surface area contributed by atoms with Gasteiger partial charge in [-0.1, -0.05) is 31.2 Å². The molecule has 0 saturated heterocycles. The zero-order valence-corrected chi connectivity index (χ0v) is 8.84. The standard InChI is InChI=1S/C13H22/c1-4-6-8-9-10-12-13(3)11-7-5-2/h4-5,9-10,13H,1-2,6-8,11-12H2,3H3. The van der Waals surface area contributed by atoms with E-state index >= 15 is 0 Å². The highest BCUT2D eigenvalue weighted by Crippen LogP contribution is 2.11. The minimum atomic E-state index is 0.790. The van der Waals surface area contributed by atoms with Crippen LogP contribution in [0, 0.1) is 5.92 Å². The zero-order chi connectivity index (χ0) is 9.94. The first kappa shape index (κ1) is 12.2. The lowest BCUT2D eigenvalue weighted by Gasteiger charge is -2.05. The van der Waals surface area contributed by atoms with Crippen LogP contribution in [0.3, 0.4) is 0 Å². The van der Waals surface area contributed by atoms with Crippen molar-refractivity contribution in [1.29, 1.82) is 0 Å². The molecule has 0 aromatic carbocycles. The van der Waals surface area contributed by atoms with Crippen LogP contribution >= 0.6 is 0 Å². The Labute approximate surface area is 83.0 Å². The Kier molecular flexibility index (Phi) is 8.75. The van der Waals surface area contributed by atoms with Gasteiger partial charge < -0.3 is 0 Å². The summed E-state index contributed by atoms with van der Waals surface area (Å²) in [6.07, 6.45) is 14.3. The fourth-order valence-electron chi connectivity index (χ4n) is 1.18. The topological polar surface area (TPSA) is 0 Å². The number of hydrogen-bond donors (Lipinski definition) is 0. The van der Waals surface area contributed by atoms with Gasteiger partial charge in [-0.25, -0.2) is 0 Å². The largest absolute Gasteiger partial charge is 0.103 e. The fourth-order valence-corrected chi connectivity index (χ4v) is 1.18. The number of unbranched alkanes of at least 4 members (excludes halogenated alkanes) is 1. The van der Waals surface area contributed by atoms with Crippen molar-refractivity contribution in [2.45, 2.75) is 39.0 Å². The van der Waals surface area contributed by atoms with Crippen LogP contribution < -0.4 is 0 Å². The highest BCUT2D eigenvalue weighted by molar-refractivity contribution is 4.85. The lowest BCUT2D eigenvalue weighted by molar-refractivity contribution is 0.546. The van der Waals surface area contributed by atoms with E-state index in [0.717, 1.165) is 25.2 Å². The molecule has 0 spiro atoms. The van der Waals surface area contributed by atoms with Crippen molar-refractivity contribution in [2.75, 3.05) is 0 Å². The summed E-state index contributed by atoms with van der Waals surface area (Å²) in [5, 5.41) is 0. The molecule has 1 atom stereocenters. The number of rotatable bonds is 8. The van der Waals surface area contributed by atoms with E-state index in [0.29, 0.717) is 0 Å². The molecule has 74 valence electrons. The van der Waals surface area contributed by atoms with Crippen molar-refractivity contribution in [1.82, 2.24) is 0 Å². The molecule has 0 aliphatic heterocycles. The van der Waals surface area contributed by atoms with Crippen molar-refractivity contribution in [2.24, 2.45) is 5.92 Å². The van der Waals surface area contributed by atoms with Crippen LogP contribution in [0.1, 0.15) is 39.0 Å². The molecule has 0 nitrogen and oxygen atoms in total. The summed E-state index contributed by atoms with van der Waals surface area (Å²) in [6, 6.07) is 0. The predicted molar refractivity (Wildman–Crippen MR) is 61.8 cm³/mol. The molecule has 13 heavy (non-hydrogen) atoms. The van der Waals surface area contributed by atoms with Crippen molar-refractivity contribution in [3.05, 3.63) is 37.5 Å². The van der Waals surface area contributed by atoms with E-state index in [1.165, 1.54) is 12.8 Å². The lowest BCUT2D eigenvalue weighted by atomic mass is 10.0. The summed E-state index contributed by atoms with van der Waals surface area (Å²) in [5.41, 5.74) is 0. The summed E-state index contributed by atoms with van der Waals surface area (Å²) in [7, 11) is 0. The van der Waals surface area contributed by atoms with Gasteiger partial charge in [0, 0.05) is 0 Å². The summed E-state index contributed by atoms with van der Waals surface area (Å²) < 4.78 is 0. The number of allylic oxidation sites excluding steroid dienone is 4. The van der Waals surface area contributed by atoms with Crippen LogP contribution in [0.25, 0.3) is 0 Å². The first-order valence-electron chi connectivity index (χ1n) is 5.18. The van der Waals surface area contributed by atoms with Crippen molar-refractivity contribution in [3.63, 3.8) is 0 Å². The monoisotopic (exact) mass is 178 g/mol. The van der Waals surface area contributed by atoms with Gasteiger partial charge in [0.25, 0.3) is 0 Å². The third-order valence-corrected chi connectivity index (χ3v) is 2.11. The van der Waals surface area contributed by atoms with Crippen LogP contribution in [0.5, 0.6) is 0 Å². The Hall–Kier alpha value is -0.780. The molecule has 0 aromatic rings. The minimum Gasteiger partial charge on any atom is -0.103 e. The maximum absolute atomic E-state index is 3.72. The highest BCUT2D eigenvalue weighted by Gasteiger charge is 1.96. The maximum Gasteiger partial charge on any atom is -0.0316 e. The van der Waals surface area contributed by atoms with Gasteiger partial charge in [-0.3, -0.25) is 0 Å². The zero-order valence-electron chi connectivity index (χ0n) is 8.84. The molecule has 0 bridgehead atoms. The first-order chi connectivity index (χ1) is 6.31. The molecule has 0 saturated carbocycles. The van der Waals surface area contributed by atoms with Gasteiger partial charge in [-0.2, -0.15) is 0 Å². The molecule has 0 aliphatic rings. The van der Waals surface area contributed by atoms with Crippen LogP contribution in [-0.4, -0.2) is 0 Å². The highest BCUT2D eigenvalue weighted by atomic mass is 14.0. The molecular weight excluding hydrogens is 156 g/mol. The van der Waals surface area contributed by atoms with Crippen LogP contribution in [-0.2, 0) is 0 Å². The molecule has 0 radical (unpaired) electrons. The molecule has 0 heteroatoms. The van der Waals surface area contributed by atoms with Crippen LogP contribution in [0.2, 0.25) is 0 Å². The first-order valence-corrected chi connectivity index (χ1v) is 5.18. The summed E-state index contributed by atoms with van der Waals surface area (Å²) in [6.45, 7) is 9.71. The van der Waals surface area contributed by atoms with Gasteiger partial charge in [0.2, 0.25) is 0 Å². The van der Waals surface area contributed by atoms with Gasteiger partial charge in [0.05, 0.1) is 0 Å². The third kappa shape index (κ3) is 9.13. The van der Waals surface area contributed by atoms with Crippen LogP contribution in [0.4, 0.5) is 0 Å². The number of hydrogen-bond acceptors (Lipinski definition) is 0. The average Bonchev–Trinajstić information content (AvgIpc) is 2.14. The molecule has 0 N–H and O–H groups in total. The molecule has 1 unspecified atom stereocenters. The summed E-state index contributed by atoms with van der Waals surface area (Å²) in [5.74, 6) is 0.790. The quantitative estimate of drug-likeness (QED) is 0.379. The second-order valence-electron chi connectivity index (χ2n) is 3.54. The second-order valence-corrected chi connectivity index (χ2v) is 3.54. The Bertz CT molecular complexity index is 153. The molecule has 0 amide bonds. The van der Waals surface area contributed by atoms with Gasteiger partial charge in [0.1, 0.15) is 0 Å². The van der Waals surface area contributed by atoms with Crippen molar-refractivity contribution in [3.8, 4) is 0 Å². The Balaban J connectivity index is 3.33. The molecule has 0 aromatic heterocycles. The fraction of sp³-hybridized carbons (Fsp3) is 0.538. The molecule has 0 fully saturated rings. The van der Waals surface area contributed by atoms with E-state index in [9.17, 15) is 0 Å². The van der Waals surface area contributed by atoms with E-state index in [-0.39, 0.29) is 0 Å². The smallest absolute Gasteiger partial charge is 0.0316 e. The van der Waals surface area contributed by atoms with Crippen molar-refractivity contribution < 1.29 is 0 Å². The van der Waals surface area contributed by atoms with E-state index in [1.54, 1.807) is 0 Å². The summed E-state index contributed by atoms with van der Waals surface area (Å²) >= 11 is 0. The van der Waals surface area contributed by atoms with Gasteiger partial charge in [0.15, 0.2) is 0 Å². The van der Waals surface area contributed by atoms with E-state index in [2.05, 4.69) is 32.2 Å². The second kappa shape index (κ2) is 9.31. The van der Waals surface area contributed by atoms with Gasteiger partial charge in [-0.05, 0) is 38.0 Å². The molecule has 0 rings (SSSR count). The Morgan fingerprint density at radius 1 is 1.00 bits per heavy atom. The van der Waals surface area contributed by atoms with Gasteiger partial charge >= 0.3 is 0 Å². The van der Waals surface area contributed by atoms with E-state index in [4.69, 9.17) is 0 Å². The Morgan fingerprint density at radius 2 is 1.69 bits per heavy atom. The Morgan fingerprint density at radius 3 is 2.31 bits per heavy atom. The average molecular weight is 178 g/mol. The molecule has 0 aliphatic carbocycles. The maximum atomic E-state index is 3.72. The van der Waals surface area contributed by atoms with Crippen LogP contribution in [0.15, 0.2) is 37.5 Å². The van der Waals surface area contributed by atoms with E-state index < -0.39 is 0 Å².